The molecular formula is C13H11ClFN3S. The molecule has 1 heterocycles. The Balaban J connectivity index is 2.50. The fourth-order valence-electron chi connectivity index (χ4n) is 1.70. The van der Waals surface area contributed by atoms with Gasteiger partial charge in [-0.15, -0.1) is 0 Å². The zero-order valence-electron chi connectivity index (χ0n) is 10.1. The summed E-state index contributed by atoms with van der Waals surface area (Å²) in [7, 11) is 0. The third kappa shape index (κ3) is 2.83. The molecule has 0 saturated carbocycles. The summed E-state index contributed by atoms with van der Waals surface area (Å²) in [6.07, 6.45) is 1.59. The average Bonchev–Trinajstić information content (AvgIpc) is 2.33. The third-order valence-electron chi connectivity index (χ3n) is 2.61. The summed E-state index contributed by atoms with van der Waals surface area (Å²) in [5.74, 6) is -0.0794. The first-order valence-electron chi connectivity index (χ1n) is 5.47. The number of aryl methyl sites for hydroxylation is 1. The Kier molecular flexibility index (Phi) is 3.97. The monoisotopic (exact) mass is 295 g/mol. The first kappa shape index (κ1) is 13.7. The molecule has 1 aromatic carbocycles. The van der Waals surface area contributed by atoms with Gasteiger partial charge in [0.25, 0.3) is 0 Å². The highest BCUT2D eigenvalue weighted by atomic mass is 35.5. The van der Waals surface area contributed by atoms with E-state index < -0.39 is 5.82 Å². The van der Waals surface area contributed by atoms with Gasteiger partial charge in [-0.1, -0.05) is 29.9 Å². The summed E-state index contributed by atoms with van der Waals surface area (Å²) in [5.41, 5.74) is 7.26. The Bertz CT molecular complexity index is 626. The molecule has 0 bridgehead atoms. The summed E-state index contributed by atoms with van der Waals surface area (Å²) in [5, 5.41) is 3.11. The van der Waals surface area contributed by atoms with Crippen molar-refractivity contribution in [1.29, 1.82) is 0 Å². The summed E-state index contributed by atoms with van der Waals surface area (Å²) >= 11 is 10.9. The van der Waals surface area contributed by atoms with E-state index in [9.17, 15) is 4.39 Å². The summed E-state index contributed by atoms with van der Waals surface area (Å²) < 4.78 is 13.7. The van der Waals surface area contributed by atoms with Crippen molar-refractivity contribution in [3.63, 3.8) is 0 Å². The number of hydrogen-bond acceptors (Lipinski definition) is 3. The van der Waals surface area contributed by atoms with Crippen LogP contribution < -0.4 is 11.1 Å². The van der Waals surface area contributed by atoms with Crippen LogP contribution in [0.3, 0.4) is 0 Å². The van der Waals surface area contributed by atoms with Crippen molar-refractivity contribution in [3.8, 4) is 0 Å². The Morgan fingerprint density at radius 3 is 2.79 bits per heavy atom. The molecule has 0 unspecified atom stereocenters. The van der Waals surface area contributed by atoms with E-state index in [1.54, 1.807) is 18.3 Å². The summed E-state index contributed by atoms with van der Waals surface area (Å²) in [6.45, 7) is 1.85. The number of nitrogens with one attached hydrogen (secondary N) is 1. The van der Waals surface area contributed by atoms with Gasteiger partial charge in [0.2, 0.25) is 0 Å². The molecule has 3 nitrogen and oxygen atoms in total. The van der Waals surface area contributed by atoms with Gasteiger partial charge in [-0.2, -0.15) is 0 Å². The number of nitrogens with two attached hydrogens (primary N) is 1. The normalized spacial score (nSPS) is 10.3. The van der Waals surface area contributed by atoms with Gasteiger partial charge >= 0.3 is 0 Å². The van der Waals surface area contributed by atoms with E-state index in [0.29, 0.717) is 11.4 Å². The van der Waals surface area contributed by atoms with Crippen LogP contribution in [-0.4, -0.2) is 9.97 Å². The first-order chi connectivity index (χ1) is 9.00. The number of pyridine rings is 1. The number of benzene rings is 1. The quantitative estimate of drug-likeness (QED) is 0.850. The van der Waals surface area contributed by atoms with E-state index in [1.165, 1.54) is 12.1 Å². The van der Waals surface area contributed by atoms with Gasteiger partial charge in [0.05, 0.1) is 16.3 Å². The van der Waals surface area contributed by atoms with Crippen LogP contribution in [0.25, 0.3) is 0 Å². The Labute approximate surface area is 120 Å². The van der Waals surface area contributed by atoms with Gasteiger partial charge in [-0.3, -0.25) is 0 Å². The number of para-hydroxylation sites is 1. The zero-order valence-corrected chi connectivity index (χ0v) is 11.6. The van der Waals surface area contributed by atoms with Crippen molar-refractivity contribution in [2.75, 3.05) is 5.32 Å². The van der Waals surface area contributed by atoms with Gasteiger partial charge in [0.1, 0.15) is 16.6 Å². The molecule has 0 aliphatic heterocycles. The SMILES string of the molecule is Cc1ccnc(Nc2c(F)cccc2Cl)c1C(N)=S. The average molecular weight is 296 g/mol. The molecule has 0 aliphatic carbocycles. The maximum absolute atomic E-state index is 13.7. The minimum absolute atomic E-state index is 0.153. The highest BCUT2D eigenvalue weighted by Crippen LogP contribution is 2.29. The Morgan fingerprint density at radius 1 is 1.42 bits per heavy atom. The molecule has 0 radical (unpaired) electrons. The summed E-state index contributed by atoms with van der Waals surface area (Å²) in [6, 6.07) is 6.21. The smallest absolute Gasteiger partial charge is 0.148 e. The Hall–Kier alpha value is -1.72. The largest absolute Gasteiger partial charge is 0.389 e. The fourth-order valence-corrected chi connectivity index (χ4v) is 2.17. The van der Waals surface area contributed by atoms with Crippen LogP contribution in [0.5, 0.6) is 0 Å². The first-order valence-corrected chi connectivity index (χ1v) is 6.25. The molecule has 98 valence electrons. The van der Waals surface area contributed by atoms with Crippen LogP contribution in [0.1, 0.15) is 11.1 Å². The van der Waals surface area contributed by atoms with Crippen molar-refractivity contribution in [2.24, 2.45) is 5.73 Å². The molecule has 0 amide bonds. The van der Waals surface area contributed by atoms with Crippen molar-refractivity contribution >= 4 is 40.3 Å². The van der Waals surface area contributed by atoms with Crippen LogP contribution in [0, 0.1) is 12.7 Å². The minimum atomic E-state index is -0.468. The number of halogens is 2. The lowest BCUT2D eigenvalue weighted by Gasteiger charge is -2.13. The molecule has 3 N–H and O–H groups in total. The molecular weight excluding hydrogens is 285 g/mol. The second-order valence-corrected chi connectivity index (χ2v) is 4.78. The van der Waals surface area contributed by atoms with E-state index in [4.69, 9.17) is 29.6 Å². The predicted octanol–water partition coefficient (Wildman–Crippen LogP) is 3.56. The molecule has 0 saturated heterocycles. The molecule has 0 fully saturated rings. The standard InChI is InChI=1S/C13H11ClFN3S/c1-7-5-6-17-13(10(7)12(16)19)18-11-8(14)3-2-4-9(11)15/h2-6H,1H3,(H2,16,19)(H,17,18). The van der Waals surface area contributed by atoms with E-state index in [-0.39, 0.29) is 15.7 Å². The highest BCUT2D eigenvalue weighted by molar-refractivity contribution is 7.80. The lowest BCUT2D eigenvalue weighted by atomic mass is 10.1. The molecule has 0 atom stereocenters. The van der Waals surface area contributed by atoms with Crippen LogP contribution in [0.15, 0.2) is 30.5 Å². The van der Waals surface area contributed by atoms with E-state index in [0.717, 1.165) is 5.56 Å². The Morgan fingerprint density at radius 2 is 2.16 bits per heavy atom. The number of thiocarbonyl (C=S) groups is 1. The summed E-state index contributed by atoms with van der Waals surface area (Å²) in [4.78, 5) is 4.33. The van der Waals surface area contributed by atoms with Crippen LogP contribution in [0.4, 0.5) is 15.9 Å². The number of hydrogen-bond donors (Lipinski definition) is 2. The lowest BCUT2D eigenvalue weighted by molar-refractivity contribution is 0.632. The minimum Gasteiger partial charge on any atom is -0.389 e. The second-order valence-electron chi connectivity index (χ2n) is 3.94. The van der Waals surface area contributed by atoms with Crippen LogP contribution >= 0.6 is 23.8 Å². The molecule has 19 heavy (non-hydrogen) atoms. The maximum atomic E-state index is 13.7. The molecule has 2 rings (SSSR count). The second kappa shape index (κ2) is 5.50. The van der Waals surface area contributed by atoms with Crippen molar-refractivity contribution in [2.45, 2.75) is 6.92 Å². The fraction of sp³-hybridized carbons (Fsp3) is 0.0769. The van der Waals surface area contributed by atoms with Gasteiger partial charge in [-0.25, -0.2) is 9.37 Å². The number of nitrogens with zero attached hydrogens (tertiary/aromatic N) is 1. The van der Waals surface area contributed by atoms with Gasteiger partial charge in [0.15, 0.2) is 0 Å². The molecule has 6 heteroatoms. The van der Waals surface area contributed by atoms with Gasteiger partial charge < -0.3 is 11.1 Å². The molecule has 0 aliphatic rings. The lowest BCUT2D eigenvalue weighted by Crippen LogP contribution is -2.15. The predicted molar refractivity (Wildman–Crippen MR) is 79.6 cm³/mol. The van der Waals surface area contributed by atoms with Crippen LogP contribution in [0.2, 0.25) is 5.02 Å². The van der Waals surface area contributed by atoms with Crippen molar-refractivity contribution in [1.82, 2.24) is 4.98 Å². The topological polar surface area (TPSA) is 50.9 Å². The number of rotatable bonds is 3. The highest BCUT2D eigenvalue weighted by Gasteiger charge is 2.13. The molecule has 2 aromatic rings. The molecule has 1 aromatic heterocycles. The van der Waals surface area contributed by atoms with Crippen molar-refractivity contribution < 1.29 is 4.39 Å². The number of anilines is 2. The van der Waals surface area contributed by atoms with E-state index in [1.807, 2.05) is 6.92 Å². The molecule has 0 spiro atoms. The van der Waals surface area contributed by atoms with Crippen molar-refractivity contribution in [3.05, 3.63) is 52.4 Å². The maximum Gasteiger partial charge on any atom is 0.148 e. The third-order valence-corrected chi connectivity index (χ3v) is 3.13. The number of aromatic nitrogens is 1. The van der Waals surface area contributed by atoms with Gasteiger partial charge in [-0.05, 0) is 30.7 Å². The van der Waals surface area contributed by atoms with E-state index in [2.05, 4.69) is 10.3 Å². The van der Waals surface area contributed by atoms with E-state index >= 15 is 0 Å². The zero-order chi connectivity index (χ0) is 14.0. The van der Waals surface area contributed by atoms with Gasteiger partial charge in [0, 0.05) is 6.20 Å². The van der Waals surface area contributed by atoms with Crippen LogP contribution in [-0.2, 0) is 0 Å².